The van der Waals surface area contributed by atoms with E-state index < -0.39 is 10.0 Å². The molecule has 0 spiro atoms. The monoisotopic (exact) mass is 202 g/mol. The van der Waals surface area contributed by atoms with Crippen molar-refractivity contribution in [3.05, 3.63) is 18.3 Å². The minimum absolute atomic E-state index is 0.121. The first-order chi connectivity index (χ1) is 6.10. The fourth-order valence-electron chi connectivity index (χ4n) is 0.764. The quantitative estimate of drug-likeness (QED) is 0.749. The van der Waals surface area contributed by atoms with Gasteiger partial charge in [0.25, 0.3) is 0 Å². The molecule has 0 atom stereocenters. The van der Waals surface area contributed by atoms with Crippen molar-refractivity contribution in [1.82, 2.24) is 9.71 Å². The fraction of sp³-hybridized carbons (Fsp3) is 0.286. The summed E-state index contributed by atoms with van der Waals surface area (Å²) in [6, 6.07) is 2.92. The van der Waals surface area contributed by atoms with E-state index in [0.717, 1.165) is 0 Å². The average Bonchev–Trinajstić information content (AvgIpc) is 2.18. The van der Waals surface area contributed by atoms with Gasteiger partial charge in [-0.3, -0.25) is 0 Å². The minimum Gasteiger partial charge on any atom is -0.481 e. The Labute approximate surface area is 76.8 Å². The van der Waals surface area contributed by atoms with Gasteiger partial charge >= 0.3 is 0 Å². The van der Waals surface area contributed by atoms with Gasteiger partial charge in [0.05, 0.1) is 13.3 Å². The summed E-state index contributed by atoms with van der Waals surface area (Å²) in [6.07, 6.45) is 1.24. The van der Waals surface area contributed by atoms with E-state index in [0.29, 0.717) is 5.88 Å². The number of nitrogens with zero attached hydrogens (tertiary/aromatic N) is 1. The van der Waals surface area contributed by atoms with Gasteiger partial charge in [0.2, 0.25) is 15.9 Å². The molecule has 0 saturated carbocycles. The summed E-state index contributed by atoms with van der Waals surface area (Å²) in [7, 11) is -0.578. The lowest BCUT2D eigenvalue weighted by Crippen LogP contribution is -2.18. The minimum atomic E-state index is -3.39. The normalized spacial score (nSPS) is 11.2. The van der Waals surface area contributed by atoms with Crippen molar-refractivity contribution in [2.75, 3.05) is 14.2 Å². The summed E-state index contributed by atoms with van der Waals surface area (Å²) in [5.41, 5.74) is 0. The Kier molecular flexibility index (Phi) is 2.84. The highest BCUT2D eigenvalue weighted by atomic mass is 32.2. The first kappa shape index (κ1) is 9.94. The highest BCUT2D eigenvalue weighted by Crippen LogP contribution is 2.10. The summed E-state index contributed by atoms with van der Waals surface area (Å²) in [5.74, 6) is 0.384. The molecule has 0 unspecified atom stereocenters. The zero-order valence-electron chi connectivity index (χ0n) is 7.31. The van der Waals surface area contributed by atoms with Gasteiger partial charge < -0.3 is 4.74 Å². The highest BCUT2D eigenvalue weighted by Gasteiger charge is 2.10. The largest absolute Gasteiger partial charge is 0.481 e. The lowest BCUT2D eigenvalue weighted by Gasteiger charge is -2.02. The summed E-state index contributed by atoms with van der Waals surface area (Å²) >= 11 is 0. The van der Waals surface area contributed by atoms with Crippen LogP contribution in [0.3, 0.4) is 0 Å². The Morgan fingerprint density at radius 2 is 2.15 bits per heavy atom. The zero-order chi connectivity index (χ0) is 9.90. The number of ether oxygens (including phenoxy) is 1. The van der Waals surface area contributed by atoms with Gasteiger partial charge in [0.1, 0.15) is 4.90 Å². The van der Waals surface area contributed by atoms with E-state index in [4.69, 9.17) is 4.74 Å². The molecule has 0 aromatic carbocycles. The SMILES string of the molecule is CNS(=O)(=O)c1ccc(OC)nc1. The first-order valence-electron chi connectivity index (χ1n) is 3.54. The number of hydrogen-bond donors (Lipinski definition) is 1. The Morgan fingerprint density at radius 3 is 2.54 bits per heavy atom. The second-order valence-corrected chi connectivity index (χ2v) is 4.13. The van der Waals surface area contributed by atoms with Crippen LogP contribution in [0, 0.1) is 0 Å². The molecule has 6 heteroatoms. The van der Waals surface area contributed by atoms with Crippen LogP contribution in [0.4, 0.5) is 0 Å². The van der Waals surface area contributed by atoms with Gasteiger partial charge in [-0.1, -0.05) is 0 Å². The molecule has 5 nitrogen and oxygen atoms in total. The van der Waals surface area contributed by atoms with E-state index in [1.165, 1.54) is 32.5 Å². The molecule has 13 heavy (non-hydrogen) atoms. The van der Waals surface area contributed by atoms with Crippen molar-refractivity contribution in [3.8, 4) is 5.88 Å². The zero-order valence-corrected chi connectivity index (χ0v) is 8.13. The number of sulfonamides is 1. The lowest BCUT2D eigenvalue weighted by atomic mass is 10.5. The highest BCUT2D eigenvalue weighted by molar-refractivity contribution is 7.89. The van der Waals surface area contributed by atoms with Crippen molar-refractivity contribution in [2.24, 2.45) is 0 Å². The van der Waals surface area contributed by atoms with Crippen molar-refractivity contribution in [3.63, 3.8) is 0 Å². The number of aromatic nitrogens is 1. The molecule has 0 aliphatic heterocycles. The second-order valence-electron chi connectivity index (χ2n) is 2.24. The lowest BCUT2D eigenvalue weighted by molar-refractivity contribution is 0.397. The Bertz CT molecular complexity index is 371. The molecule has 1 aromatic rings. The maximum atomic E-state index is 11.2. The van der Waals surface area contributed by atoms with Gasteiger partial charge in [-0.15, -0.1) is 0 Å². The fourth-order valence-corrected chi connectivity index (χ4v) is 1.44. The predicted molar refractivity (Wildman–Crippen MR) is 47.0 cm³/mol. The molecule has 0 amide bonds. The smallest absolute Gasteiger partial charge is 0.241 e. The summed E-state index contributed by atoms with van der Waals surface area (Å²) in [5, 5.41) is 0. The third-order valence-corrected chi connectivity index (χ3v) is 2.90. The molecule has 0 fully saturated rings. The van der Waals surface area contributed by atoms with Crippen LogP contribution < -0.4 is 9.46 Å². The maximum absolute atomic E-state index is 11.2. The molecule has 0 bridgehead atoms. The predicted octanol–water partition coefficient (Wildman–Crippen LogP) is -0.00170. The standard InChI is InChI=1S/C7H10N2O3S/c1-8-13(10,11)6-3-4-7(12-2)9-5-6/h3-5,8H,1-2H3. The molecule has 0 aliphatic rings. The molecule has 1 N–H and O–H groups in total. The van der Waals surface area contributed by atoms with Crippen molar-refractivity contribution >= 4 is 10.0 Å². The number of hydrogen-bond acceptors (Lipinski definition) is 4. The number of rotatable bonds is 3. The topological polar surface area (TPSA) is 68.3 Å². The van der Waals surface area contributed by atoms with Gasteiger partial charge in [0.15, 0.2) is 0 Å². The van der Waals surface area contributed by atoms with E-state index in [1.807, 2.05) is 0 Å². The summed E-state index contributed by atoms with van der Waals surface area (Å²) < 4.78 is 29.4. The number of methoxy groups -OCH3 is 1. The number of nitrogens with one attached hydrogen (secondary N) is 1. The molecular weight excluding hydrogens is 192 g/mol. The summed E-state index contributed by atoms with van der Waals surface area (Å²) in [4.78, 5) is 3.89. The molecule has 1 heterocycles. The molecule has 0 aliphatic carbocycles. The van der Waals surface area contributed by atoms with E-state index in [9.17, 15) is 8.42 Å². The van der Waals surface area contributed by atoms with Crippen LogP contribution in [0.1, 0.15) is 0 Å². The van der Waals surface area contributed by atoms with Crippen LogP contribution in [0.2, 0.25) is 0 Å². The maximum Gasteiger partial charge on any atom is 0.241 e. The van der Waals surface area contributed by atoms with Crippen LogP contribution in [0.5, 0.6) is 5.88 Å². The van der Waals surface area contributed by atoms with Crippen LogP contribution in [-0.2, 0) is 10.0 Å². The summed E-state index contributed by atoms with van der Waals surface area (Å²) in [6.45, 7) is 0. The molecule has 1 aromatic heterocycles. The van der Waals surface area contributed by atoms with Crippen molar-refractivity contribution < 1.29 is 13.2 Å². The van der Waals surface area contributed by atoms with Crippen LogP contribution in [0.15, 0.2) is 23.2 Å². The Balaban J connectivity index is 3.06. The third-order valence-electron chi connectivity index (χ3n) is 1.50. The van der Waals surface area contributed by atoms with E-state index in [-0.39, 0.29) is 4.90 Å². The van der Waals surface area contributed by atoms with Gasteiger partial charge in [-0.2, -0.15) is 0 Å². The second kappa shape index (κ2) is 3.71. The first-order valence-corrected chi connectivity index (χ1v) is 5.02. The molecule has 0 radical (unpaired) electrons. The molecule has 1 rings (SSSR count). The third kappa shape index (κ3) is 2.16. The van der Waals surface area contributed by atoms with Crippen LogP contribution in [-0.4, -0.2) is 27.6 Å². The molecule has 0 saturated heterocycles. The van der Waals surface area contributed by atoms with Crippen molar-refractivity contribution in [2.45, 2.75) is 4.90 Å². The van der Waals surface area contributed by atoms with Gasteiger partial charge in [-0.25, -0.2) is 18.1 Å². The Hall–Kier alpha value is -1.14. The number of pyridine rings is 1. The van der Waals surface area contributed by atoms with E-state index >= 15 is 0 Å². The van der Waals surface area contributed by atoms with Crippen molar-refractivity contribution in [1.29, 1.82) is 0 Å². The Morgan fingerprint density at radius 1 is 1.46 bits per heavy atom. The van der Waals surface area contributed by atoms with Crippen LogP contribution in [0.25, 0.3) is 0 Å². The van der Waals surface area contributed by atoms with Gasteiger partial charge in [0, 0.05) is 6.07 Å². The van der Waals surface area contributed by atoms with E-state index in [2.05, 4.69) is 9.71 Å². The van der Waals surface area contributed by atoms with Gasteiger partial charge in [-0.05, 0) is 13.1 Å². The average molecular weight is 202 g/mol. The molecular formula is C7H10N2O3S. The molecule has 72 valence electrons. The van der Waals surface area contributed by atoms with E-state index in [1.54, 1.807) is 0 Å². The van der Waals surface area contributed by atoms with Crippen LogP contribution >= 0.6 is 0 Å².